The van der Waals surface area contributed by atoms with E-state index in [1.54, 1.807) is 0 Å². The standard InChI is InChI=1S/C16H23FN4O2/c1-2-23-10-14(22)20-7-5-16(11-20)4-3-6-21(12-16)15-18-8-13(17)9-19-15/h8-9H,2-7,10-12H2,1H3. The molecule has 1 spiro atoms. The highest BCUT2D eigenvalue weighted by molar-refractivity contribution is 5.77. The van der Waals surface area contributed by atoms with Crippen molar-refractivity contribution in [1.29, 1.82) is 0 Å². The van der Waals surface area contributed by atoms with E-state index >= 15 is 0 Å². The summed E-state index contributed by atoms with van der Waals surface area (Å²) in [6.45, 7) is 5.84. The van der Waals surface area contributed by atoms with Gasteiger partial charge >= 0.3 is 0 Å². The van der Waals surface area contributed by atoms with Crippen LogP contribution in [0.1, 0.15) is 26.2 Å². The van der Waals surface area contributed by atoms with Crippen LogP contribution in [-0.4, -0.2) is 60.2 Å². The molecule has 7 heteroatoms. The molecular formula is C16H23FN4O2. The van der Waals surface area contributed by atoms with Crippen molar-refractivity contribution in [2.75, 3.05) is 44.3 Å². The smallest absolute Gasteiger partial charge is 0.248 e. The molecule has 1 unspecified atom stereocenters. The number of piperidine rings is 1. The predicted molar refractivity (Wildman–Crippen MR) is 83.6 cm³/mol. The first-order chi connectivity index (χ1) is 11.1. The normalized spacial score (nSPS) is 24.4. The number of carbonyl (C=O) groups is 1. The van der Waals surface area contributed by atoms with E-state index in [-0.39, 0.29) is 17.9 Å². The van der Waals surface area contributed by atoms with Crippen molar-refractivity contribution in [3.8, 4) is 0 Å². The van der Waals surface area contributed by atoms with Gasteiger partial charge in [0.05, 0.1) is 12.4 Å². The second-order valence-electron chi connectivity index (χ2n) is 6.43. The number of aromatic nitrogens is 2. The van der Waals surface area contributed by atoms with Gasteiger partial charge in [0.15, 0.2) is 5.82 Å². The van der Waals surface area contributed by atoms with Crippen LogP contribution in [-0.2, 0) is 9.53 Å². The summed E-state index contributed by atoms with van der Waals surface area (Å²) in [6, 6.07) is 0. The first-order valence-electron chi connectivity index (χ1n) is 8.20. The molecule has 6 nitrogen and oxygen atoms in total. The molecule has 2 aliphatic rings. The van der Waals surface area contributed by atoms with Crippen LogP contribution in [0.3, 0.4) is 0 Å². The summed E-state index contributed by atoms with van der Waals surface area (Å²) >= 11 is 0. The third-order valence-electron chi connectivity index (χ3n) is 4.77. The highest BCUT2D eigenvalue weighted by Gasteiger charge is 2.43. The largest absolute Gasteiger partial charge is 0.372 e. The summed E-state index contributed by atoms with van der Waals surface area (Å²) in [6.07, 6.45) is 5.53. The molecule has 2 fully saturated rings. The molecule has 23 heavy (non-hydrogen) atoms. The summed E-state index contributed by atoms with van der Waals surface area (Å²) in [5.74, 6) is 0.220. The van der Waals surface area contributed by atoms with E-state index in [9.17, 15) is 9.18 Å². The Morgan fingerprint density at radius 1 is 1.30 bits per heavy atom. The average molecular weight is 322 g/mol. The van der Waals surface area contributed by atoms with Crippen LogP contribution >= 0.6 is 0 Å². The zero-order valence-electron chi connectivity index (χ0n) is 13.5. The van der Waals surface area contributed by atoms with E-state index in [2.05, 4.69) is 14.9 Å². The molecule has 0 N–H and O–H groups in total. The van der Waals surface area contributed by atoms with Crippen molar-refractivity contribution in [1.82, 2.24) is 14.9 Å². The fourth-order valence-electron chi connectivity index (χ4n) is 3.61. The molecule has 3 heterocycles. The molecule has 1 aromatic rings. The summed E-state index contributed by atoms with van der Waals surface area (Å²) in [4.78, 5) is 24.3. The lowest BCUT2D eigenvalue weighted by molar-refractivity contribution is -0.135. The maximum absolute atomic E-state index is 13.0. The maximum Gasteiger partial charge on any atom is 0.248 e. The molecule has 2 saturated heterocycles. The number of likely N-dealkylation sites (tertiary alicyclic amines) is 1. The first kappa shape index (κ1) is 16.1. The molecule has 1 atom stereocenters. The van der Waals surface area contributed by atoms with E-state index in [1.807, 2.05) is 11.8 Å². The number of ether oxygens (including phenoxy) is 1. The number of amides is 1. The Kier molecular flexibility index (Phi) is 4.75. The number of rotatable bonds is 4. The van der Waals surface area contributed by atoms with Crippen LogP contribution in [0.15, 0.2) is 12.4 Å². The van der Waals surface area contributed by atoms with Crippen LogP contribution in [0.4, 0.5) is 10.3 Å². The van der Waals surface area contributed by atoms with Crippen LogP contribution in [0.25, 0.3) is 0 Å². The minimum atomic E-state index is -0.422. The second-order valence-corrected chi connectivity index (χ2v) is 6.43. The Morgan fingerprint density at radius 3 is 2.83 bits per heavy atom. The minimum absolute atomic E-state index is 0.0684. The Labute approximate surface area is 135 Å². The topological polar surface area (TPSA) is 58.6 Å². The van der Waals surface area contributed by atoms with Gasteiger partial charge in [-0.05, 0) is 26.2 Å². The van der Waals surface area contributed by atoms with Crippen molar-refractivity contribution in [3.05, 3.63) is 18.2 Å². The van der Waals surface area contributed by atoms with E-state index < -0.39 is 5.82 Å². The molecule has 0 aromatic carbocycles. The van der Waals surface area contributed by atoms with Gasteiger partial charge in [-0.25, -0.2) is 14.4 Å². The molecule has 2 aliphatic heterocycles. The Bertz CT molecular complexity index is 554. The molecule has 126 valence electrons. The van der Waals surface area contributed by atoms with Gasteiger partial charge < -0.3 is 14.5 Å². The van der Waals surface area contributed by atoms with Gasteiger partial charge in [0, 0.05) is 38.2 Å². The van der Waals surface area contributed by atoms with Crippen LogP contribution < -0.4 is 4.90 Å². The lowest BCUT2D eigenvalue weighted by atomic mass is 9.79. The Morgan fingerprint density at radius 2 is 2.09 bits per heavy atom. The van der Waals surface area contributed by atoms with E-state index in [0.29, 0.717) is 12.6 Å². The quantitative estimate of drug-likeness (QED) is 0.840. The number of hydrogen-bond acceptors (Lipinski definition) is 5. The SMILES string of the molecule is CCOCC(=O)N1CCC2(CCCN(c3ncc(F)cn3)C2)C1. The van der Waals surface area contributed by atoms with Crippen LogP contribution in [0.5, 0.6) is 0 Å². The maximum atomic E-state index is 13.0. The van der Waals surface area contributed by atoms with E-state index in [0.717, 1.165) is 45.4 Å². The van der Waals surface area contributed by atoms with E-state index in [4.69, 9.17) is 4.74 Å². The number of hydrogen-bond donors (Lipinski definition) is 0. The van der Waals surface area contributed by atoms with Gasteiger partial charge in [0.25, 0.3) is 0 Å². The number of halogens is 1. The molecule has 1 aromatic heterocycles. The van der Waals surface area contributed by atoms with Gasteiger partial charge in [-0.2, -0.15) is 0 Å². The van der Waals surface area contributed by atoms with E-state index in [1.165, 1.54) is 12.4 Å². The third-order valence-corrected chi connectivity index (χ3v) is 4.77. The summed E-state index contributed by atoms with van der Waals surface area (Å²) in [7, 11) is 0. The van der Waals surface area contributed by atoms with Gasteiger partial charge in [-0.3, -0.25) is 4.79 Å². The van der Waals surface area contributed by atoms with Crippen molar-refractivity contribution in [3.63, 3.8) is 0 Å². The fourth-order valence-corrected chi connectivity index (χ4v) is 3.61. The number of carbonyl (C=O) groups excluding carboxylic acids is 1. The Hall–Kier alpha value is -1.76. The molecule has 0 aliphatic carbocycles. The number of anilines is 1. The molecule has 0 bridgehead atoms. The molecule has 1 amide bonds. The molecular weight excluding hydrogens is 299 g/mol. The van der Waals surface area contributed by atoms with Gasteiger partial charge in [-0.1, -0.05) is 0 Å². The fraction of sp³-hybridized carbons (Fsp3) is 0.688. The van der Waals surface area contributed by atoms with Gasteiger partial charge in [0.2, 0.25) is 11.9 Å². The van der Waals surface area contributed by atoms with Crippen molar-refractivity contribution < 1.29 is 13.9 Å². The highest BCUT2D eigenvalue weighted by Crippen LogP contribution is 2.39. The van der Waals surface area contributed by atoms with Crippen molar-refractivity contribution in [2.45, 2.75) is 26.2 Å². The Balaban J connectivity index is 1.64. The van der Waals surface area contributed by atoms with Gasteiger partial charge in [0.1, 0.15) is 6.61 Å². The molecule has 3 rings (SSSR count). The van der Waals surface area contributed by atoms with Gasteiger partial charge in [-0.15, -0.1) is 0 Å². The number of nitrogens with zero attached hydrogens (tertiary/aromatic N) is 4. The van der Waals surface area contributed by atoms with Crippen molar-refractivity contribution in [2.24, 2.45) is 5.41 Å². The zero-order valence-corrected chi connectivity index (χ0v) is 13.5. The lowest BCUT2D eigenvalue weighted by Crippen LogP contribution is -2.46. The monoisotopic (exact) mass is 322 g/mol. The summed E-state index contributed by atoms with van der Waals surface area (Å²) in [5, 5.41) is 0. The lowest BCUT2D eigenvalue weighted by Gasteiger charge is -2.40. The van der Waals surface area contributed by atoms with Crippen molar-refractivity contribution >= 4 is 11.9 Å². The molecule has 0 saturated carbocycles. The molecule has 0 radical (unpaired) electrons. The highest BCUT2D eigenvalue weighted by atomic mass is 19.1. The first-order valence-corrected chi connectivity index (χ1v) is 8.20. The van der Waals surface area contributed by atoms with Crippen LogP contribution in [0, 0.1) is 11.2 Å². The summed E-state index contributed by atoms with van der Waals surface area (Å²) in [5.41, 5.74) is 0.0951. The predicted octanol–water partition coefficient (Wildman–Crippen LogP) is 1.47. The third kappa shape index (κ3) is 3.60. The average Bonchev–Trinajstić information content (AvgIpc) is 2.97. The zero-order chi connectivity index (χ0) is 16.3. The van der Waals surface area contributed by atoms with Crippen LogP contribution in [0.2, 0.25) is 0 Å². The second kappa shape index (κ2) is 6.78. The minimum Gasteiger partial charge on any atom is -0.372 e. The summed E-state index contributed by atoms with van der Waals surface area (Å²) < 4.78 is 18.2.